The molecule has 0 aliphatic carbocycles. The molecule has 11 nitrogen and oxygen atoms in total. The van der Waals surface area contributed by atoms with E-state index in [0.717, 1.165) is 77.0 Å². The summed E-state index contributed by atoms with van der Waals surface area (Å²) in [6, 6.07) is -1.52. The minimum Gasteiger partial charge on any atom is -0.480 e. The SMILES string of the molecule is CCCCCC/C=C/CCCCCCCC(=O)OC[C@H](COP(=O)(O)OC[C@H](N)C(=O)O)OC(=O)CCCCCCC/C=C/CCCCCCCC. The lowest BCUT2D eigenvalue weighted by Crippen LogP contribution is -2.34. The van der Waals surface area contributed by atoms with E-state index in [-0.39, 0.29) is 19.4 Å². The standard InChI is InChI=1S/C40H74NO10P/c1-3-5-7-9-11-13-15-17-18-20-22-24-26-28-30-32-39(43)51-36(34-49-52(46,47)50-35-37(41)40(44)45)33-48-38(42)31-29-27-25-23-21-19-16-14-12-10-8-6-4-2/h14,16-18,36-37H,3-13,15,19-35,41H2,1-2H3,(H,44,45)(H,46,47)/b16-14+,18-17+/t36-,37+/m1/s1. The maximum Gasteiger partial charge on any atom is 0.472 e. The Morgan fingerprint density at radius 1 is 0.577 bits per heavy atom. The first-order valence-corrected chi connectivity index (χ1v) is 21.9. The summed E-state index contributed by atoms with van der Waals surface area (Å²) in [4.78, 5) is 45.8. The van der Waals surface area contributed by atoms with E-state index in [2.05, 4.69) is 42.7 Å². The van der Waals surface area contributed by atoms with Gasteiger partial charge in [0.2, 0.25) is 0 Å². The summed E-state index contributed by atoms with van der Waals surface area (Å²) in [5, 5.41) is 8.87. The van der Waals surface area contributed by atoms with Gasteiger partial charge in [0.15, 0.2) is 6.10 Å². The first kappa shape index (κ1) is 50.0. The number of nitrogens with two attached hydrogens (primary N) is 1. The number of phosphoric acid groups is 1. The van der Waals surface area contributed by atoms with Crippen LogP contribution in [0.3, 0.4) is 0 Å². The number of hydrogen-bond donors (Lipinski definition) is 3. The zero-order chi connectivity index (χ0) is 38.5. The van der Waals surface area contributed by atoms with E-state index in [1.54, 1.807) is 0 Å². The molecular formula is C40H74NO10P. The monoisotopic (exact) mass is 760 g/mol. The van der Waals surface area contributed by atoms with E-state index >= 15 is 0 Å². The van der Waals surface area contributed by atoms with Gasteiger partial charge in [0.25, 0.3) is 0 Å². The number of carbonyl (C=O) groups is 3. The molecule has 0 aromatic carbocycles. The van der Waals surface area contributed by atoms with Crippen LogP contribution in [0.15, 0.2) is 24.3 Å². The molecule has 304 valence electrons. The van der Waals surface area contributed by atoms with Gasteiger partial charge in [-0.3, -0.25) is 23.4 Å². The van der Waals surface area contributed by atoms with E-state index in [1.165, 1.54) is 64.2 Å². The van der Waals surface area contributed by atoms with Crippen molar-refractivity contribution in [3.63, 3.8) is 0 Å². The van der Waals surface area contributed by atoms with Crippen molar-refractivity contribution < 1.29 is 47.5 Å². The van der Waals surface area contributed by atoms with Gasteiger partial charge >= 0.3 is 25.7 Å². The van der Waals surface area contributed by atoms with E-state index in [1.807, 2.05) is 0 Å². The van der Waals surface area contributed by atoms with Crippen LogP contribution in [0.5, 0.6) is 0 Å². The Hall–Kier alpha value is -2.04. The third-order valence-corrected chi connectivity index (χ3v) is 9.62. The van der Waals surface area contributed by atoms with Gasteiger partial charge in [-0.1, -0.05) is 128 Å². The lowest BCUT2D eigenvalue weighted by molar-refractivity contribution is -0.161. The molecule has 4 N–H and O–H groups in total. The second-order valence-electron chi connectivity index (χ2n) is 13.8. The molecule has 0 amide bonds. The van der Waals surface area contributed by atoms with Gasteiger partial charge < -0.3 is 25.2 Å². The first-order valence-electron chi connectivity index (χ1n) is 20.4. The van der Waals surface area contributed by atoms with Gasteiger partial charge in [0, 0.05) is 12.8 Å². The fraction of sp³-hybridized carbons (Fsp3) is 0.825. The number of allylic oxidation sites excluding steroid dienone is 4. The van der Waals surface area contributed by atoms with Crippen LogP contribution in [-0.2, 0) is 37.5 Å². The van der Waals surface area contributed by atoms with Gasteiger partial charge in [-0.15, -0.1) is 0 Å². The number of carboxylic acids is 1. The molecule has 0 aromatic heterocycles. The summed E-state index contributed by atoms with van der Waals surface area (Å²) in [6.07, 6.45) is 35.3. The van der Waals surface area contributed by atoms with Crippen LogP contribution in [-0.4, -0.2) is 59.9 Å². The Morgan fingerprint density at radius 3 is 1.42 bits per heavy atom. The van der Waals surface area contributed by atoms with Crippen molar-refractivity contribution >= 4 is 25.7 Å². The molecule has 0 heterocycles. The number of aliphatic carboxylic acids is 1. The number of carbonyl (C=O) groups excluding carboxylic acids is 2. The van der Waals surface area contributed by atoms with Gasteiger partial charge in [-0.25, -0.2) is 4.57 Å². The van der Waals surface area contributed by atoms with Gasteiger partial charge in [-0.2, -0.15) is 0 Å². The van der Waals surface area contributed by atoms with Crippen LogP contribution < -0.4 is 5.73 Å². The third-order valence-electron chi connectivity index (χ3n) is 8.67. The van der Waals surface area contributed by atoms with E-state index in [4.69, 9.17) is 24.8 Å². The number of esters is 2. The molecule has 0 radical (unpaired) electrons. The average Bonchev–Trinajstić information content (AvgIpc) is 3.12. The summed E-state index contributed by atoms with van der Waals surface area (Å²) in [5.74, 6) is -2.40. The molecule has 0 fully saturated rings. The second kappa shape index (κ2) is 36.0. The maximum atomic E-state index is 12.6. The molecule has 0 spiro atoms. The summed E-state index contributed by atoms with van der Waals surface area (Å²) in [7, 11) is -4.71. The first-order chi connectivity index (χ1) is 25.1. The van der Waals surface area contributed by atoms with Crippen LogP contribution in [0.1, 0.15) is 181 Å². The van der Waals surface area contributed by atoms with Crippen LogP contribution >= 0.6 is 7.82 Å². The van der Waals surface area contributed by atoms with Crippen molar-refractivity contribution in [1.82, 2.24) is 0 Å². The molecule has 0 aliphatic rings. The minimum atomic E-state index is -4.71. The van der Waals surface area contributed by atoms with Gasteiger partial charge in [-0.05, 0) is 64.2 Å². The smallest absolute Gasteiger partial charge is 0.472 e. The highest BCUT2D eigenvalue weighted by Crippen LogP contribution is 2.43. The fourth-order valence-corrected chi connectivity index (χ4v) is 6.18. The number of hydrogen-bond acceptors (Lipinski definition) is 9. The van der Waals surface area contributed by atoms with Crippen LogP contribution in [0, 0.1) is 0 Å². The van der Waals surface area contributed by atoms with Crippen molar-refractivity contribution in [2.24, 2.45) is 5.73 Å². The molecule has 0 aliphatic heterocycles. The number of rotatable bonds is 38. The molecule has 12 heteroatoms. The molecular weight excluding hydrogens is 685 g/mol. The molecule has 0 rings (SSSR count). The third kappa shape index (κ3) is 35.0. The summed E-state index contributed by atoms with van der Waals surface area (Å²) in [5.41, 5.74) is 5.32. The number of phosphoric ester groups is 1. The normalized spacial score (nSPS) is 14.1. The highest BCUT2D eigenvalue weighted by Gasteiger charge is 2.28. The Balaban J connectivity index is 4.43. The van der Waals surface area contributed by atoms with Crippen molar-refractivity contribution in [3.05, 3.63) is 24.3 Å². The topological polar surface area (TPSA) is 172 Å². The van der Waals surface area contributed by atoms with E-state index in [9.17, 15) is 23.8 Å². The van der Waals surface area contributed by atoms with Gasteiger partial charge in [0.1, 0.15) is 12.6 Å². The molecule has 0 bridgehead atoms. The van der Waals surface area contributed by atoms with Crippen molar-refractivity contribution in [2.45, 2.75) is 193 Å². The molecule has 0 saturated carbocycles. The van der Waals surface area contributed by atoms with Gasteiger partial charge in [0.05, 0.1) is 13.2 Å². The fourth-order valence-electron chi connectivity index (χ4n) is 5.41. The predicted octanol–water partition coefficient (Wildman–Crippen LogP) is 10.3. The minimum absolute atomic E-state index is 0.151. The quantitative estimate of drug-likeness (QED) is 0.0237. The highest BCUT2D eigenvalue weighted by atomic mass is 31.2. The Bertz CT molecular complexity index is 989. The largest absolute Gasteiger partial charge is 0.480 e. The zero-order valence-electron chi connectivity index (χ0n) is 32.7. The number of carboxylic acid groups (broad SMARTS) is 1. The van der Waals surface area contributed by atoms with Crippen LogP contribution in [0.4, 0.5) is 0 Å². The van der Waals surface area contributed by atoms with E-state index < -0.39 is 51.1 Å². The van der Waals surface area contributed by atoms with E-state index in [0.29, 0.717) is 12.8 Å². The summed E-state index contributed by atoms with van der Waals surface area (Å²) in [6.45, 7) is 2.76. The highest BCUT2D eigenvalue weighted by molar-refractivity contribution is 7.47. The van der Waals surface area contributed by atoms with Crippen LogP contribution in [0.25, 0.3) is 0 Å². The molecule has 3 atom stereocenters. The Labute approximate surface area is 315 Å². The van der Waals surface area contributed by atoms with Crippen molar-refractivity contribution in [2.75, 3.05) is 19.8 Å². The Kier molecular flexibility index (Phi) is 34.6. The predicted molar refractivity (Wildman–Crippen MR) is 208 cm³/mol. The molecule has 0 saturated heterocycles. The molecule has 1 unspecified atom stereocenters. The maximum absolute atomic E-state index is 12.6. The number of ether oxygens (including phenoxy) is 2. The second-order valence-corrected chi connectivity index (χ2v) is 15.2. The lowest BCUT2D eigenvalue weighted by atomic mass is 10.1. The molecule has 52 heavy (non-hydrogen) atoms. The lowest BCUT2D eigenvalue weighted by Gasteiger charge is -2.20. The Morgan fingerprint density at radius 2 is 0.962 bits per heavy atom. The number of unbranched alkanes of at least 4 members (excludes halogenated alkanes) is 20. The molecule has 0 aromatic rings. The average molecular weight is 760 g/mol. The summed E-state index contributed by atoms with van der Waals surface area (Å²) >= 11 is 0. The van der Waals surface area contributed by atoms with Crippen molar-refractivity contribution in [3.8, 4) is 0 Å². The zero-order valence-corrected chi connectivity index (χ0v) is 33.5. The van der Waals surface area contributed by atoms with Crippen LogP contribution in [0.2, 0.25) is 0 Å². The summed E-state index contributed by atoms with van der Waals surface area (Å²) < 4.78 is 32.6. The van der Waals surface area contributed by atoms with Crippen molar-refractivity contribution in [1.29, 1.82) is 0 Å².